The molecule has 1 aliphatic rings. The third-order valence-electron chi connectivity index (χ3n) is 4.04. The second-order valence-electron chi connectivity index (χ2n) is 7.22. The highest BCUT2D eigenvalue weighted by Gasteiger charge is 2.35. The number of methoxy groups -OCH3 is 1. The van der Waals surface area contributed by atoms with Crippen LogP contribution in [0, 0.1) is 5.92 Å². The Bertz CT molecular complexity index is 568. The summed E-state index contributed by atoms with van der Waals surface area (Å²) in [5.74, 6) is 1.06. The van der Waals surface area contributed by atoms with E-state index in [2.05, 4.69) is 0 Å². The summed E-state index contributed by atoms with van der Waals surface area (Å²) >= 11 is 0. The summed E-state index contributed by atoms with van der Waals surface area (Å²) in [6.07, 6.45) is 0.622. The van der Waals surface area contributed by atoms with Crippen molar-refractivity contribution in [2.45, 2.75) is 52.3 Å². The highest BCUT2D eigenvalue weighted by Crippen LogP contribution is 2.34. The van der Waals surface area contributed by atoms with Crippen LogP contribution in [0.15, 0.2) is 18.2 Å². The summed E-state index contributed by atoms with van der Waals surface area (Å²) in [5, 5.41) is 9.66. The van der Waals surface area contributed by atoms with Crippen molar-refractivity contribution in [1.82, 2.24) is 4.90 Å². The number of carboxylic acid groups (broad SMARTS) is 1. The van der Waals surface area contributed by atoms with E-state index in [-0.39, 0.29) is 0 Å². The van der Waals surface area contributed by atoms with E-state index in [0.717, 1.165) is 17.1 Å². The lowest BCUT2D eigenvalue weighted by atomic mass is 10.00. The maximum atomic E-state index is 11.8. The molecule has 0 radical (unpaired) electrons. The van der Waals surface area contributed by atoms with Gasteiger partial charge in [0.2, 0.25) is 0 Å². The van der Waals surface area contributed by atoms with Crippen LogP contribution in [0.5, 0.6) is 11.5 Å². The predicted molar refractivity (Wildman–Crippen MR) is 89.0 cm³/mol. The van der Waals surface area contributed by atoms with Gasteiger partial charge in [-0.15, -0.1) is 0 Å². The fourth-order valence-electron chi connectivity index (χ4n) is 3.05. The van der Waals surface area contributed by atoms with E-state index in [1.165, 1.54) is 0 Å². The summed E-state index contributed by atoms with van der Waals surface area (Å²) in [6, 6.07) is 5.21. The van der Waals surface area contributed by atoms with Crippen molar-refractivity contribution in [1.29, 1.82) is 0 Å². The standard InChI is InChI=1S/C18H27NO4/c1-12(2)8-15(17(20)21)19-10-13-6-7-14(22-5)9-16(13)23-18(3,4)11-19/h6-7,9,12,15H,8,10-11H2,1-5H3,(H,20,21). The zero-order valence-electron chi connectivity index (χ0n) is 14.6. The summed E-state index contributed by atoms with van der Waals surface area (Å²) < 4.78 is 11.4. The molecular weight excluding hydrogens is 294 g/mol. The van der Waals surface area contributed by atoms with Crippen LogP contribution in [-0.4, -0.2) is 41.3 Å². The van der Waals surface area contributed by atoms with Gasteiger partial charge < -0.3 is 14.6 Å². The number of carboxylic acids is 1. The average molecular weight is 321 g/mol. The van der Waals surface area contributed by atoms with E-state index >= 15 is 0 Å². The number of nitrogens with zero attached hydrogens (tertiary/aromatic N) is 1. The first kappa shape index (κ1) is 17.6. The van der Waals surface area contributed by atoms with Crippen molar-refractivity contribution in [2.24, 2.45) is 5.92 Å². The van der Waals surface area contributed by atoms with Gasteiger partial charge in [0.15, 0.2) is 0 Å². The van der Waals surface area contributed by atoms with Crippen LogP contribution in [0.25, 0.3) is 0 Å². The van der Waals surface area contributed by atoms with Crippen LogP contribution in [0.4, 0.5) is 0 Å². The maximum absolute atomic E-state index is 11.8. The molecule has 5 nitrogen and oxygen atoms in total. The molecule has 1 heterocycles. The summed E-state index contributed by atoms with van der Waals surface area (Å²) in [6.45, 7) is 9.20. The Morgan fingerprint density at radius 3 is 2.70 bits per heavy atom. The number of ether oxygens (including phenoxy) is 2. The molecule has 0 bridgehead atoms. The van der Waals surface area contributed by atoms with Gasteiger partial charge in [-0.05, 0) is 32.3 Å². The number of carbonyl (C=O) groups is 1. The maximum Gasteiger partial charge on any atom is 0.320 e. The summed E-state index contributed by atoms with van der Waals surface area (Å²) in [5.41, 5.74) is 0.522. The quantitative estimate of drug-likeness (QED) is 0.902. The lowest BCUT2D eigenvalue weighted by molar-refractivity contribution is -0.145. The first-order chi connectivity index (χ1) is 10.7. The summed E-state index contributed by atoms with van der Waals surface area (Å²) in [4.78, 5) is 13.8. The molecule has 1 unspecified atom stereocenters. The van der Waals surface area contributed by atoms with Gasteiger partial charge in [0.05, 0.1) is 7.11 Å². The highest BCUT2D eigenvalue weighted by atomic mass is 16.5. The number of fused-ring (bicyclic) bond motifs is 1. The minimum absolute atomic E-state index is 0.318. The molecule has 23 heavy (non-hydrogen) atoms. The van der Waals surface area contributed by atoms with Crippen LogP contribution < -0.4 is 9.47 Å². The summed E-state index contributed by atoms with van der Waals surface area (Å²) in [7, 11) is 1.62. The third kappa shape index (κ3) is 4.38. The molecule has 128 valence electrons. The number of hydrogen-bond acceptors (Lipinski definition) is 4. The Balaban J connectivity index is 2.36. The lowest BCUT2D eigenvalue weighted by Crippen LogP contribution is -2.48. The van der Waals surface area contributed by atoms with Crippen molar-refractivity contribution in [3.05, 3.63) is 23.8 Å². The van der Waals surface area contributed by atoms with E-state index in [1.54, 1.807) is 7.11 Å². The van der Waals surface area contributed by atoms with E-state index in [0.29, 0.717) is 25.4 Å². The smallest absolute Gasteiger partial charge is 0.320 e. The molecule has 1 aliphatic heterocycles. The van der Waals surface area contributed by atoms with Gasteiger partial charge >= 0.3 is 5.97 Å². The number of aliphatic carboxylic acids is 1. The van der Waals surface area contributed by atoms with Crippen molar-refractivity contribution in [3.8, 4) is 11.5 Å². The molecule has 5 heteroatoms. The van der Waals surface area contributed by atoms with Gasteiger partial charge in [0, 0.05) is 24.7 Å². The Labute approximate surface area is 138 Å². The number of benzene rings is 1. The largest absolute Gasteiger partial charge is 0.497 e. The second kappa shape index (κ2) is 6.79. The van der Waals surface area contributed by atoms with Crippen LogP contribution in [-0.2, 0) is 11.3 Å². The van der Waals surface area contributed by atoms with Crippen LogP contribution >= 0.6 is 0 Å². The van der Waals surface area contributed by atoms with Gasteiger partial charge in [-0.1, -0.05) is 19.9 Å². The molecule has 0 amide bonds. The van der Waals surface area contributed by atoms with Crippen molar-refractivity contribution in [3.63, 3.8) is 0 Å². The van der Waals surface area contributed by atoms with Crippen LogP contribution in [0.2, 0.25) is 0 Å². The monoisotopic (exact) mass is 321 g/mol. The molecule has 1 atom stereocenters. The number of hydrogen-bond donors (Lipinski definition) is 1. The normalized spacial score (nSPS) is 18.7. The minimum atomic E-state index is -0.772. The highest BCUT2D eigenvalue weighted by molar-refractivity contribution is 5.73. The lowest BCUT2D eigenvalue weighted by Gasteiger charge is -2.33. The fraction of sp³-hybridized carbons (Fsp3) is 0.611. The molecule has 1 N–H and O–H groups in total. The number of rotatable bonds is 5. The molecule has 0 aromatic heterocycles. The minimum Gasteiger partial charge on any atom is -0.497 e. The molecule has 0 saturated carbocycles. The molecule has 2 rings (SSSR count). The molecule has 0 fully saturated rings. The first-order valence-corrected chi connectivity index (χ1v) is 8.04. The van der Waals surface area contributed by atoms with Crippen molar-refractivity contribution < 1.29 is 19.4 Å². The molecule has 0 aliphatic carbocycles. The Kier molecular flexibility index (Phi) is 5.19. The van der Waals surface area contributed by atoms with Crippen LogP contribution in [0.3, 0.4) is 0 Å². The van der Waals surface area contributed by atoms with Crippen molar-refractivity contribution in [2.75, 3.05) is 13.7 Å². The zero-order valence-corrected chi connectivity index (χ0v) is 14.6. The predicted octanol–water partition coefficient (Wildman–Crippen LogP) is 3.17. The Morgan fingerprint density at radius 2 is 2.13 bits per heavy atom. The fourth-order valence-corrected chi connectivity index (χ4v) is 3.05. The van der Waals surface area contributed by atoms with E-state index in [4.69, 9.17) is 9.47 Å². The molecular formula is C18H27NO4. The third-order valence-corrected chi connectivity index (χ3v) is 4.04. The van der Waals surface area contributed by atoms with Gasteiger partial charge in [-0.2, -0.15) is 0 Å². The first-order valence-electron chi connectivity index (χ1n) is 8.04. The molecule has 0 spiro atoms. The van der Waals surface area contributed by atoms with Crippen molar-refractivity contribution >= 4 is 5.97 Å². The topological polar surface area (TPSA) is 59.0 Å². The molecule has 1 aromatic carbocycles. The second-order valence-corrected chi connectivity index (χ2v) is 7.22. The Morgan fingerprint density at radius 1 is 1.43 bits per heavy atom. The van der Waals surface area contributed by atoms with E-state index in [1.807, 2.05) is 50.8 Å². The van der Waals surface area contributed by atoms with E-state index < -0.39 is 17.6 Å². The van der Waals surface area contributed by atoms with Gasteiger partial charge in [-0.3, -0.25) is 9.69 Å². The van der Waals surface area contributed by atoms with E-state index in [9.17, 15) is 9.90 Å². The van der Waals surface area contributed by atoms with Crippen LogP contribution in [0.1, 0.15) is 39.7 Å². The zero-order chi connectivity index (χ0) is 17.2. The van der Waals surface area contributed by atoms with Gasteiger partial charge in [0.25, 0.3) is 0 Å². The average Bonchev–Trinajstić information content (AvgIpc) is 2.57. The molecule has 0 saturated heterocycles. The SMILES string of the molecule is COc1ccc2c(c1)OC(C)(C)CN(C(CC(C)C)C(=O)O)C2. The Hall–Kier alpha value is -1.75. The molecule has 1 aromatic rings. The van der Waals surface area contributed by atoms with Gasteiger partial charge in [-0.25, -0.2) is 0 Å². The van der Waals surface area contributed by atoms with Gasteiger partial charge in [0.1, 0.15) is 23.1 Å².